The maximum absolute atomic E-state index is 12.0. The topological polar surface area (TPSA) is 23.6 Å². The summed E-state index contributed by atoms with van der Waals surface area (Å²) >= 11 is 0. The number of carbonyl (C=O) groups excluding carboxylic acids is 1. The number of hydrogen-bond donors (Lipinski definition) is 0. The Morgan fingerprint density at radius 1 is 1.58 bits per heavy atom. The first-order valence-corrected chi connectivity index (χ1v) is 3.78. The third-order valence-corrected chi connectivity index (χ3v) is 2.11. The van der Waals surface area contributed by atoms with Crippen molar-refractivity contribution in [2.45, 2.75) is 18.9 Å². The van der Waals surface area contributed by atoms with E-state index in [0.717, 1.165) is 0 Å². The monoisotopic (exact) mass is 178 g/mol. The van der Waals surface area contributed by atoms with Crippen LogP contribution < -0.4 is 0 Å². The highest BCUT2D eigenvalue weighted by molar-refractivity contribution is 5.76. The molecule has 1 aliphatic heterocycles. The molecule has 1 saturated heterocycles. The Hall–Kier alpha value is -0.870. The number of urea groups is 1. The smallest absolute Gasteiger partial charge is 0.319 e. The van der Waals surface area contributed by atoms with Gasteiger partial charge in [-0.15, -0.1) is 0 Å². The maximum atomic E-state index is 12.0. The average molecular weight is 178 g/mol. The van der Waals surface area contributed by atoms with Gasteiger partial charge >= 0.3 is 6.03 Å². The minimum Gasteiger partial charge on any atom is -0.326 e. The van der Waals surface area contributed by atoms with Gasteiger partial charge in [0.2, 0.25) is 6.43 Å². The largest absolute Gasteiger partial charge is 0.326 e. The Balaban J connectivity index is 2.53. The lowest BCUT2D eigenvalue weighted by Gasteiger charge is -2.16. The fourth-order valence-corrected chi connectivity index (χ4v) is 1.38. The van der Waals surface area contributed by atoms with Crippen molar-refractivity contribution in [1.29, 1.82) is 0 Å². The number of alkyl halides is 2. The van der Waals surface area contributed by atoms with Crippen LogP contribution in [-0.4, -0.2) is 48.9 Å². The number of amides is 2. The van der Waals surface area contributed by atoms with Gasteiger partial charge in [-0.25, -0.2) is 13.6 Å². The van der Waals surface area contributed by atoms with E-state index >= 15 is 0 Å². The average Bonchev–Trinajstić information content (AvgIpc) is 2.17. The molecule has 3 nitrogen and oxygen atoms in total. The highest BCUT2D eigenvalue weighted by Crippen LogP contribution is 2.17. The zero-order valence-electron chi connectivity index (χ0n) is 7.13. The summed E-state index contributed by atoms with van der Waals surface area (Å²) in [4.78, 5) is 13.9. The summed E-state index contributed by atoms with van der Waals surface area (Å²) < 4.78 is 23.9. The zero-order valence-corrected chi connectivity index (χ0v) is 7.13. The van der Waals surface area contributed by atoms with Gasteiger partial charge in [0.15, 0.2) is 0 Å². The molecule has 0 aromatic carbocycles. The summed E-state index contributed by atoms with van der Waals surface area (Å²) in [6, 6.07) is -0.511. The third-order valence-electron chi connectivity index (χ3n) is 2.11. The predicted molar refractivity (Wildman–Crippen MR) is 40.2 cm³/mol. The van der Waals surface area contributed by atoms with Gasteiger partial charge < -0.3 is 9.80 Å². The Bertz CT molecular complexity index is 186. The predicted octanol–water partition coefficient (Wildman–Crippen LogP) is 1.01. The molecular formula is C7H12F2N2O. The molecule has 1 unspecified atom stereocenters. The van der Waals surface area contributed by atoms with Gasteiger partial charge in [0.05, 0.1) is 6.04 Å². The van der Waals surface area contributed by atoms with Crippen LogP contribution in [0, 0.1) is 0 Å². The number of likely N-dealkylation sites (N-methyl/N-ethyl adjacent to an activating group) is 2. The minimum atomic E-state index is -2.34. The molecule has 12 heavy (non-hydrogen) atoms. The van der Waals surface area contributed by atoms with Gasteiger partial charge in [0, 0.05) is 27.1 Å². The van der Waals surface area contributed by atoms with Crippen LogP contribution in [0.1, 0.15) is 6.42 Å². The van der Waals surface area contributed by atoms with Crippen LogP contribution in [0.5, 0.6) is 0 Å². The second kappa shape index (κ2) is 3.25. The molecule has 1 heterocycles. The van der Waals surface area contributed by atoms with E-state index in [1.807, 2.05) is 0 Å². The Morgan fingerprint density at radius 3 is 2.50 bits per heavy atom. The van der Waals surface area contributed by atoms with Gasteiger partial charge in [0.1, 0.15) is 0 Å². The fourth-order valence-electron chi connectivity index (χ4n) is 1.38. The van der Waals surface area contributed by atoms with Crippen LogP contribution in [0.4, 0.5) is 13.6 Å². The van der Waals surface area contributed by atoms with E-state index in [0.29, 0.717) is 6.54 Å². The van der Waals surface area contributed by atoms with Crippen molar-refractivity contribution >= 4 is 6.03 Å². The molecule has 1 fully saturated rings. The molecule has 0 aliphatic carbocycles. The van der Waals surface area contributed by atoms with Gasteiger partial charge in [-0.2, -0.15) is 0 Å². The van der Waals surface area contributed by atoms with Crippen LogP contribution in [-0.2, 0) is 0 Å². The molecule has 0 saturated carbocycles. The molecule has 0 aromatic heterocycles. The van der Waals surface area contributed by atoms with Crippen molar-refractivity contribution in [2.24, 2.45) is 0 Å². The summed E-state index contributed by atoms with van der Waals surface area (Å²) in [6.45, 7) is 0.402. The van der Waals surface area contributed by atoms with Crippen molar-refractivity contribution in [3.8, 4) is 0 Å². The van der Waals surface area contributed by atoms with Gasteiger partial charge in [0.25, 0.3) is 0 Å². The summed E-state index contributed by atoms with van der Waals surface area (Å²) in [5.74, 6) is 0. The van der Waals surface area contributed by atoms with E-state index in [1.165, 1.54) is 9.80 Å². The Labute approximate surface area is 69.9 Å². The van der Waals surface area contributed by atoms with Gasteiger partial charge in [-0.3, -0.25) is 0 Å². The van der Waals surface area contributed by atoms with Gasteiger partial charge in [-0.1, -0.05) is 0 Å². The minimum absolute atomic E-state index is 0.180. The standard InChI is InChI=1S/C7H12F2N2O/c1-10-4-5(3-6(8)9)11(2)7(10)12/h5-6H,3-4H2,1-2H3. The fraction of sp³-hybridized carbons (Fsp3) is 0.857. The molecular weight excluding hydrogens is 166 g/mol. The lowest BCUT2D eigenvalue weighted by Crippen LogP contribution is -2.31. The van der Waals surface area contributed by atoms with Gasteiger partial charge in [-0.05, 0) is 0 Å². The molecule has 0 N–H and O–H groups in total. The molecule has 5 heteroatoms. The first-order chi connectivity index (χ1) is 5.52. The summed E-state index contributed by atoms with van der Waals surface area (Å²) in [5.41, 5.74) is 0. The van der Waals surface area contributed by atoms with Crippen LogP contribution in [0.2, 0.25) is 0 Å². The van der Waals surface area contributed by atoms with Crippen molar-refractivity contribution in [3.05, 3.63) is 0 Å². The summed E-state index contributed by atoms with van der Waals surface area (Å²) in [7, 11) is 3.17. The van der Waals surface area contributed by atoms with Crippen molar-refractivity contribution in [2.75, 3.05) is 20.6 Å². The highest BCUT2D eigenvalue weighted by atomic mass is 19.3. The second-order valence-corrected chi connectivity index (χ2v) is 3.05. The van der Waals surface area contributed by atoms with E-state index < -0.39 is 6.43 Å². The SMILES string of the molecule is CN1CC(CC(F)F)N(C)C1=O. The van der Waals surface area contributed by atoms with E-state index in [1.54, 1.807) is 14.1 Å². The van der Waals surface area contributed by atoms with Crippen molar-refractivity contribution < 1.29 is 13.6 Å². The van der Waals surface area contributed by atoms with E-state index in [9.17, 15) is 13.6 Å². The van der Waals surface area contributed by atoms with E-state index in [-0.39, 0.29) is 18.5 Å². The molecule has 0 aromatic rings. The number of nitrogens with zero attached hydrogens (tertiary/aromatic N) is 2. The molecule has 0 radical (unpaired) electrons. The Kier molecular flexibility index (Phi) is 2.49. The number of carbonyl (C=O) groups is 1. The lowest BCUT2D eigenvalue weighted by atomic mass is 10.2. The molecule has 70 valence electrons. The molecule has 1 rings (SSSR count). The van der Waals surface area contributed by atoms with Crippen LogP contribution in [0.25, 0.3) is 0 Å². The maximum Gasteiger partial charge on any atom is 0.319 e. The number of rotatable bonds is 2. The van der Waals surface area contributed by atoms with E-state index in [4.69, 9.17) is 0 Å². The molecule has 0 spiro atoms. The third kappa shape index (κ3) is 1.65. The zero-order chi connectivity index (χ0) is 9.30. The van der Waals surface area contributed by atoms with E-state index in [2.05, 4.69) is 0 Å². The number of halogens is 2. The normalized spacial score (nSPS) is 24.4. The molecule has 1 atom stereocenters. The Morgan fingerprint density at radius 2 is 2.17 bits per heavy atom. The summed E-state index contributed by atoms with van der Waals surface area (Å²) in [6.07, 6.45) is -2.57. The quantitative estimate of drug-likeness (QED) is 0.619. The van der Waals surface area contributed by atoms with Crippen LogP contribution in [0.15, 0.2) is 0 Å². The van der Waals surface area contributed by atoms with Crippen LogP contribution >= 0.6 is 0 Å². The summed E-state index contributed by atoms with van der Waals surface area (Å²) in [5, 5.41) is 0. The molecule has 0 bridgehead atoms. The molecule has 1 aliphatic rings. The second-order valence-electron chi connectivity index (χ2n) is 3.05. The molecule has 2 amide bonds. The highest BCUT2D eigenvalue weighted by Gasteiger charge is 2.33. The first kappa shape index (κ1) is 9.22. The van der Waals surface area contributed by atoms with Crippen molar-refractivity contribution in [1.82, 2.24) is 9.80 Å². The number of hydrogen-bond acceptors (Lipinski definition) is 1. The first-order valence-electron chi connectivity index (χ1n) is 3.78. The lowest BCUT2D eigenvalue weighted by molar-refractivity contribution is 0.110. The van der Waals surface area contributed by atoms with Crippen molar-refractivity contribution in [3.63, 3.8) is 0 Å². The van der Waals surface area contributed by atoms with Crippen LogP contribution in [0.3, 0.4) is 0 Å².